The number of thiol groups is 2. The monoisotopic (exact) mass is 502 g/mol. The molecule has 2 unspecified atom stereocenters. The van der Waals surface area contributed by atoms with Crippen LogP contribution in [0.3, 0.4) is 0 Å². The summed E-state index contributed by atoms with van der Waals surface area (Å²) in [5, 5.41) is 0.147. The van der Waals surface area contributed by atoms with E-state index in [0.29, 0.717) is 39.6 Å². The van der Waals surface area contributed by atoms with Crippen LogP contribution in [0.1, 0.15) is 74.1 Å². The van der Waals surface area contributed by atoms with Gasteiger partial charge in [0, 0.05) is 50.1 Å². The lowest BCUT2D eigenvalue weighted by Crippen LogP contribution is -2.64. The van der Waals surface area contributed by atoms with Crippen LogP contribution in [0.2, 0.25) is 5.16 Å². The molecular formula is C20H46O6S2Si2. The molecule has 0 N–H and O–H groups in total. The minimum atomic E-state index is -3.16. The predicted molar refractivity (Wildman–Crippen MR) is 135 cm³/mol. The van der Waals surface area contributed by atoms with Crippen LogP contribution in [-0.4, -0.2) is 67.8 Å². The van der Waals surface area contributed by atoms with E-state index >= 15 is 0 Å². The molecule has 10 heteroatoms. The lowest BCUT2D eigenvalue weighted by atomic mass is 10.1. The highest BCUT2D eigenvalue weighted by molar-refractivity contribution is 7.85. The van der Waals surface area contributed by atoms with Crippen molar-refractivity contribution in [2.24, 2.45) is 0 Å². The molecule has 0 saturated heterocycles. The Bertz CT molecular complexity index is 363. The molecule has 0 aliphatic carbocycles. The molecule has 0 aromatic carbocycles. The zero-order valence-electron chi connectivity index (χ0n) is 20.1. The minimum absolute atomic E-state index is 0.143. The molecule has 0 aliphatic heterocycles. The van der Waals surface area contributed by atoms with Crippen molar-refractivity contribution in [2.75, 3.05) is 39.6 Å². The summed E-state index contributed by atoms with van der Waals surface area (Å²) >= 11 is 9.61. The SMILES string of the molecule is CCCC(S)C(S)CCC([Si](OCC)(OCC)OCC)[Si](OCC)(OCC)OCC. The third-order valence-corrected chi connectivity index (χ3v) is 14.7. The molecule has 0 spiro atoms. The summed E-state index contributed by atoms with van der Waals surface area (Å²) in [6.07, 6.45) is 3.66. The fourth-order valence-corrected chi connectivity index (χ4v) is 12.7. The van der Waals surface area contributed by atoms with Crippen LogP contribution in [0.25, 0.3) is 0 Å². The normalized spacial score (nSPS) is 15.0. The molecule has 0 radical (unpaired) electrons. The molecular weight excluding hydrogens is 457 g/mol. The Balaban J connectivity index is 6.22. The Morgan fingerprint density at radius 1 is 0.500 bits per heavy atom. The van der Waals surface area contributed by atoms with Crippen molar-refractivity contribution in [1.29, 1.82) is 0 Å². The van der Waals surface area contributed by atoms with E-state index in [-0.39, 0.29) is 15.7 Å². The average Bonchev–Trinajstić information content (AvgIpc) is 2.69. The van der Waals surface area contributed by atoms with Crippen LogP contribution in [0.15, 0.2) is 0 Å². The van der Waals surface area contributed by atoms with E-state index in [1.165, 1.54) is 0 Å². The third-order valence-electron chi connectivity index (χ3n) is 4.71. The molecule has 0 rings (SSSR count). The third kappa shape index (κ3) is 9.40. The van der Waals surface area contributed by atoms with E-state index < -0.39 is 17.6 Å². The maximum absolute atomic E-state index is 6.30. The summed E-state index contributed by atoms with van der Waals surface area (Å²) in [6.45, 7) is 16.9. The molecule has 2 atom stereocenters. The van der Waals surface area contributed by atoms with E-state index in [2.05, 4.69) is 6.92 Å². The van der Waals surface area contributed by atoms with Crippen LogP contribution in [-0.2, 0) is 26.6 Å². The molecule has 0 amide bonds. The summed E-state index contributed by atoms with van der Waals surface area (Å²) in [7, 11) is -6.33. The van der Waals surface area contributed by atoms with E-state index in [1.54, 1.807) is 0 Å². The van der Waals surface area contributed by atoms with Crippen molar-refractivity contribution in [2.45, 2.75) is 89.8 Å². The molecule has 30 heavy (non-hydrogen) atoms. The Morgan fingerprint density at radius 3 is 1.07 bits per heavy atom. The Hall–Kier alpha value is 0.894. The molecule has 182 valence electrons. The van der Waals surface area contributed by atoms with Gasteiger partial charge in [-0.25, -0.2) is 0 Å². The van der Waals surface area contributed by atoms with Crippen molar-refractivity contribution in [3.05, 3.63) is 0 Å². The van der Waals surface area contributed by atoms with Crippen molar-refractivity contribution in [1.82, 2.24) is 0 Å². The van der Waals surface area contributed by atoms with Gasteiger partial charge in [0.25, 0.3) is 0 Å². The second-order valence-electron chi connectivity index (χ2n) is 6.86. The molecule has 0 saturated carbocycles. The fourth-order valence-electron chi connectivity index (χ4n) is 3.65. The first-order valence-electron chi connectivity index (χ1n) is 11.6. The van der Waals surface area contributed by atoms with Gasteiger partial charge in [0.05, 0.1) is 5.16 Å². The van der Waals surface area contributed by atoms with Gasteiger partial charge in [0.2, 0.25) is 0 Å². The predicted octanol–water partition coefficient (Wildman–Crippen LogP) is 5.17. The number of hydrogen-bond donors (Lipinski definition) is 2. The number of rotatable bonds is 20. The lowest BCUT2D eigenvalue weighted by molar-refractivity contribution is 0.0311. The van der Waals surface area contributed by atoms with Gasteiger partial charge >= 0.3 is 17.6 Å². The highest BCUT2D eigenvalue weighted by Gasteiger charge is 2.65. The Labute approximate surface area is 198 Å². The van der Waals surface area contributed by atoms with Crippen molar-refractivity contribution < 1.29 is 26.6 Å². The largest absolute Gasteiger partial charge is 0.508 e. The summed E-state index contributed by atoms with van der Waals surface area (Å²) in [6, 6.07) is 0. The summed E-state index contributed by atoms with van der Waals surface area (Å²) < 4.78 is 37.8. The van der Waals surface area contributed by atoms with Gasteiger partial charge in [-0.05, 0) is 60.8 Å². The quantitative estimate of drug-likeness (QED) is 0.177. The fraction of sp³-hybridized carbons (Fsp3) is 1.00. The van der Waals surface area contributed by atoms with E-state index in [0.717, 1.165) is 25.7 Å². The van der Waals surface area contributed by atoms with Crippen LogP contribution in [0.5, 0.6) is 0 Å². The Morgan fingerprint density at radius 2 is 0.800 bits per heavy atom. The average molecular weight is 503 g/mol. The highest BCUT2D eigenvalue weighted by atomic mass is 32.1. The highest BCUT2D eigenvalue weighted by Crippen LogP contribution is 2.41. The van der Waals surface area contributed by atoms with Gasteiger partial charge in [0.15, 0.2) is 0 Å². The second-order valence-corrected chi connectivity index (χ2v) is 14.3. The van der Waals surface area contributed by atoms with Gasteiger partial charge in [-0.15, -0.1) is 0 Å². The smallest absolute Gasteiger partial charge is 0.374 e. The summed E-state index contributed by atoms with van der Waals surface area (Å²) in [4.78, 5) is 0. The zero-order chi connectivity index (χ0) is 23.0. The molecule has 0 fully saturated rings. The van der Waals surface area contributed by atoms with Crippen molar-refractivity contribution >= 4 is 42.9 Å². The Kier molecular flexibility index (Phi) is 17.9. The maximum Gasteiger partial charge on any atom is 0.508 e. The van der Waals surface area contributed by atoms with E-state index in [4.69, 9.17) is 51.8 Å². The number of hydrogen-bond acceptors (Lipinski definition) is 8. The van der Waals surface area contributed by atoms with E-state index in [9.17, 15) is 0 Å². The maximum atomic E-state index is 6.30. The van der Waals surface area contributed by atoms with Gasteiger partial charge in [-0.3, -0.25) is 0 Å². The topological polar surface area (TPSA) is 55.4 Å². The van der Waals surface area contributed by atoms with Crippen LogP contribution in [0.4, 0.5) is 0 Å². The van der Waals surface area contributed by atoms with Crippen molar-refractivity contribution in [3.63, 3.8) is 0 Å². The molecule has 0 aliphatic rings. The van der Waals surface area contributed by atoms with E-state index in [1.807, 2.05) is 41.5 Å². The van der Waals surface area contributed by atoms with Gasteiger partial charge in [-0.1, -0.05) is 13.3 Å². The van der Waals surface area contributed by atoms with Crippen molar-refractivity contribution in [3.8, 4) is 0 Å². The molecule has 0 aromatic heterocycles. The zero-order valence-corrected chi connectivity index (χ0v) is 23.9. The first-order chi connectivity index (χ1) is 14.4. The van der Waals surface area contributed by atoms with Crippen LogP contribution >= 0.6 is 25.3 Å². The molecule has 6 nitrogen and oxygen atoms in total. The summed E-state index contributed by atoms with van der Waals surface area (Å²) in [5.74, 6) is 0. The second kappa shape index (κ2) is 17.4. The molecule has 0 bridgehead atoms. The van der Waals surface area contributed by atoms with Gasteiger partial charge in [0.1, 0.15) is 0 Å². The van der Waals surface area contributed by atoms with Gasteiger partial charge < -0.3 is 26.6 Å². The van der Waals surface area contributed by atoms with Crippen LogP contribution < -0.4 is 0 Å². The first kappa shape index (κ1) is 30.9. The van der Waals surface area contributed by atoms with Crippen LogP contribution in [0, 0.1) is 0 Å². The molecule has 0 aromatic rings. The standard InChI is InChI=1S/C20H46O6S2Si2/c1-8-15-18(27)19(28)16-17-20(29(21-9-2,22-10-3)23-11-4)30(24-12-5,25-13-6)26-14-7/h18-20,27-28H,8-17H2,1-7H3. The lowest BCUT2D eigenvalue weighted by Gasteiger charge is -2.43. The molecule has 0 heterocycles. The van der Waals surface area contributed by atoms with Gasteiger partial charge in [-0.2, -0.15) is 25.3 Å². The minimum Gasteiger partial charge on any atom is -0.374 e. The first-order valence-corrected chi connectivity index (χ1v) is 16.2. The summed E-state index contributed by atoms with van der Waals surface area (Å²) in [5.41, 5.74) is 0.